The van der Waals surface area contributed by atoms with Crippen LogP contribution in [0.5, 0.6) is 11.5 Å². The normalized spacial score (nSPS) is 14.8. The Morgan fingerprint density at radius 3 is 2.70 bits per heavy atom. The van der Waals surface area contributed by atoms with Gasteiger partial charge in [-0.05, 0) is 29.9 Å². The highest BCUT2D eigenvalue weighted by Crippen LogP contribution is 2.40. The fourth-order valence-electron chi connectivity index (χ4n) is 2.81. The zero-order valence-corrected chi connectivity index (χ0v) is 12.7. The monoisotopic (exact) mass is 276 g/mol. The zero-order chi connectivity index (χ0) is 14.8. The summed E-state index contributed by atoms with van der Waals surface area (Å²) in [5.74, 6) is 0.540. The van der Waals surface area contributed by atoms with Crippen molar-refractivity contribution in [2.75, 3.05) is 0 Å². The maximum Gasteiger partial charge on any atom is 0.311 e. The maximum atomic E-state index is 11.3. The van der Waals surface area contributed by atoms with E-state index < -0.39 is 0 Å². The molecule has 0 saturated heterocycles. The predicted molar refractivity (Wildman–Crippen MR) is 79.2 cm³/mol. The van der Waals surface area contributed by atoms with Gasteiger partial charge in [0.2, 0.25) is 0 Å². The number of carbonyl (C=O) groups excluding carboxylic acids is 1. The number of rotatable bonds is 5. The number of aromatic hydroxyl groups is 1. The molecule has 20 heavy (non-hydrogen) atoms. The predicted octanol–water partition coefficient (Wildman–Crippen LogP) is 4.10. The van der Waals surface area contributed by atoms with Gasteiger partial charge in [-0.2, -0.15) is 0 Å². The van der Waals surface area contributed by atoms with Crippen molar-refractivity contribution in [2.45, 2.75) is 64.7 Å². The van der Waals surface area contributed by atoms with Gasteiger partial charge in [0.15, 0.2) is 0 Å². The van der Waals surface area contributed by atoms with Crippen LogP contribution in [0, 0.1) is 0 Å². The largest absolute Gasteiger partial charge is 0.508 e. The Labute approximate surface area is 121 Å². The minimum atomic E-state index is -0.216. The minimum absolute atomic E-state index is 0.0598. The van der Waals surface area contributed by atoms with Crippen LogP contribution < -0.4 is 4.74 Å². The van der Waals surface area contributed by atoms with Crippen LogP contribution in [0.3, 0.4) is 0 Å². The summed E-state index contributed by atoms with van der Waals surface area (Å²) in [4.78, 5) is 11.3. The zero-order valence-electron chi connectivity index (χ0n) is 12.7. The summed E-state index contributed by atoms with van der Waals surface area (Å²) in [6, 6.07) is 3.62. The molecule has 1 N–H and O–H groups in total. The molecule has 110 valence electrons. The molecule has 1 heterocycles. The number of esters is 1. The number of benzene rings is 1. The van der Waals surface area contributed by atoms with Gasteiger partial charge in [-0.15, -0.1) is 0 Å². The first-order chi connectivity index (χ1) is 9.44. The van der Waals surface area contributed by atoms with Gasteiger partial charge >= 0.3 is 5.97 Å². The lowest BCUT2D eigenvalue weighted by Crippen LogP contribution is -2.20. The van der Waals surface area contributed by atoms with Gasteiger partial charge in [0.05, 0.1) is 6.42 Å². The molecular formula is C17H24O3. The van der Waals surface area contributed by atoms with Gasteiger partial charge in [0, 0.05) is 11.6 Å². The van der Waals surface area contributed by atoms with Gasteiger partial charge in [-0.1, -0.05) is 40.0 Å². The molecule has 0 atom stereocenters. The second-order valence-electron chi connectivity index (χ2n) is 6.29. The quantitative estimate of drug-likeness (QED) is 0.500. The summed E-state index contributed by atoms with van der Waals surface area (Å²) in [6.07, 6.45) is 5.75. The first-order valence-corrected chi connectivity index (χ1v) is 7.51. The summed E-state index contributed by atoms with van der Waals surface area (Å²) in [7, 11) is 0. The molecule has 0 aromatic heterocycles. The fraction of sp³-hybridized carbons (Fsp3) is 0.588. The lowest BCUT2D eigenvalue weighted by atomic mass is 9.78. The molecule has 2 rings (SSSR count). The van der Waals surface area contributed by atoms with Crippen LogP contribution in [0.25, 0.3) is 0 Å². The molecule has 1 aliphatic heterocycles. The first-order valence-electron chi connectivity index (χ1n) is 7.51. The molecule has 0 amide bonds. The Kier molecular flexibility index (Phi) is 4.36. The summed E-state index contributed by atoms with van der Waals surface area (Å²) in [6.45, 7) is 6.52. The van der Waals surface area contributed by atoms with Crippen molar-refractivity contribution in [1.82, 2.24) is 0 Å². The number of hydrogen-bond acceptors (Lipinski definition) is 3. The Bertz CT molecular complexity index is 503. The van der Waals surface area contributed by atoms with E-state index in [0.717, 1.165) is 24.0 Å². The first kappa shape index (κ1) is 14.9. The van der Waals surface area contributed by atoms with Crippen molar-refractivity contribution in [3.63, 3.8) is 0 Å². The molecule has 0 bridgehead atoms. The highest BCUT2D eigenvalue weighted by molar-refractivity contribution is 5.75. The van der Waals surface area contributed by atoms with E-state index in [1.54, 1.807) is 6.07 Å². The van der Waals surface area contributed by atoms with E-state index >= 15 is 0 Å². The molecule has 0 saturated carbocycles. The summed E-state index contributed by atoms with van der Waals surface area (Å²) in [5, 5.41) is 10.3. The van der Waals surface area contributed by atoms with E-state index in [0.29, 0.717) is 18.6 Å². The van der Waals surface area contributed by atoms with Crippen LogP contribution in [0.15, 0.2) is 12.1 Å². The molecule has 0 fully saturated rings. The van der Waals surface area contributed by atoms with Crippen LogP contribution in [-0.2, 0) is 16.6 Å². The topological polar surface area (TPSA) is 46.5 Å². The highest BCUT2D eigenvalue weighted by atomic mass is 16.5. The second kappa shape index (κ2) is 5.86. The van der Waals surface area contributed by atoms with Crippen molar-refractivity contribution in [3.8, 4) is 11.5 Å². The molecule has 0 unspecified atom stereocenters. The molecule has 3 heteroatoms. The minimum Gasteiger partial charge on any atom is -0.508 e. The standard InChI is InChI=1S/C17H24O3/c1-4-5-6-9-17(2,3)13-10-12-7-8-16(19)20-15(12)11-14(13)18/h10-11,18H,4-9H2,1-3H3. The van der Waals surface area contributed by atoms with E-state index in [4.69, 9.17) is 4.74 Å². The Balaban J connectivity index is 2.26. The van der Waals surface area contributed by atoms with E-state index in [1.165, 1.54) is 12.8 Å². The number of aryl methyl sites for hydroxylation is 1. The summed E-state index contributed by atoms with van der Waals surface area (Å²) >= 11 is 0. The number of carbonyl (C=O) groups is 1. The highest BCUT2D eigenvalue weighted by Gasteiger charge is 2.27. The molecule has 3 nitrogen and oxygen atoms in total. The number of phenols is 1. The number of fused-ring (bicyclic) bond motifs is 1. The molecule has 1 aromatic carbocycles. The number of phenolic OH excluding ortho intramolecular Hbond substituents is 1. The van der Waals surface area contributed by atoms with Crippen molar-refractivity contribution < 1.29 is 14.6 Å². The second-order valence-corrected chi connectivity index (χ2v) is 6.29. The van der Waals surface area contributed by atoms with Crippen LogP contribution in [0.4, 0.5) is 0 Å². The maximum absolute atomic E-state index is 11.3. The fourth-order valence-corrected chi connectivity index (χ4v) is 2.81. The van der Waals surface area contributed by atoms with Crippen molar-refractivity contribution in [1.29, 1.82) is 0 Å². The Morgan fingerprint density at radius 2 is 2.00 bits per heavy atom. The average molecular weight is 276 g/mol. The van der Waals surface area contributed by atoms with Gasteiger partial charge in [-0.3, -0.25) is 4.79 Å². The van der Waals surface area contributed by atoms with Crippen molar-refractivity contribution in [3.05, 3.63) is 23.3 Å². The Hall–Kier alpha value is -1.51. The van der Waals surface area contributed by atoms with Gasteiger partial charge in [0.1, 0.15) is 11.5 Å². The van der Waals surface area contributed by atoms with E-state index in [2.05, 4.69) is 20.8 Å². The molecular weight excluding hydrogens is 252 g/mol. The molecule has 1 aliphatic rings. The average Bonchev–Trinajstić information content (AvgIpc) is 2.37. The summed E-state index contributed by atoms with van der Waals surface area (Å²) < 4.78 is 5.18. The summed E-state index contributed by atoms with van der Waals surface area (Å²) in [5.41, 5.74) is 1.93. The Morgan fingerprint density at radius 1 is 1.25 bits per heavy atom. The van der Waals surface area contributed by atoms with E-state index in [1.807, 2.05) is 6.07 Å². The van der Waals surface area contributed by atoms with Crippen LogP contribution in [0.1, 0.15) is 64.0 Å². The van der Waals surface area contributed by atoms with Crippen molar-refractivity contribution >= 4 is 5.97 Å². The third kappa shape index (κ3) is 3.14. The smallest absolute Gasteiger partial charge is 0.311 e. The van der Waals surface area contributed by atoms with Crippen LogP contribution >= 0.6 is 0 Å². The van der Waals surface area contributed by atoms with Gasteiger partial charge in [-0.25, -0.2) is 0 Å². The number of hydrogen-bond donors (Lipinski definition) is 1. The molecule has 0 radical (unpaired) electrons. The molecule has 0 aliphatic carbocycles. The van der Waals surface area contributed by atoms with Gasteiger partial charge < -0.3 is 9.84 Å². The number of unbranched alkanes of at least 4 members (excludes halogenated alkanes) is 2. The van der Waals surface area contributed by atoms with Gasteiger partial charge in [0.25, 0.3) is 0 Å². The lowest BCUT2D eigenvalue weighted by molar-refractivity contribution is -0.135. The van der Waals surface area contributed by atoms with E-state index in [-0.39, 0.29) is 17.1 Å². The van der Waals surface area contributed by atoms with Crippen LogP contribution in [-0.4, -0.2) is 11.1 Å². The van der Waals surface area contributed by atoms with Crippen molar-refractivity contribution in [2.24, 2.45) is 0 Å². The third-order valence-electron chi connectivity index (χ3n) is 4.14. The number of ether oxygens (including phenoxy) is 1. The SMILES string of the molecule is CCCCCC(C)(C)c1cc2c(cc1O)OC(=O)CC2. The molecule has 1 aromatic rings. The third-order valence-corrected chi connectivity index (χ3v) is 4.14. The molecule has 0 spiro atoms. The van der Waals surface area contributed by atoms with Crippen LogP contribution in [0.2, 0.25) is 0 Å². The van der Waals surface area contributed by atoms with E-state index in [9.17, 15) is 9.90 Å². The lowest BCUT2D eigenvalue weighted by Gasteiger charge is -2.28.